The van der Waals surface area contributed by atoms with Gasteiger partial charge in [0.15, 0.2) is 5.13 Å². The van der Waals surface area contributed by atoms with Crippen LogP contribution in [0.4, 0.5) is 9.52 Å². The van der Waals surface area contributed by atoms with Crippen LogP contribution in [0.25, 0.3) is 11.3 Å². The zero-order chi connectivity index (χ0) is 15.6. The molecule has 1 fully saturated rings. The lowest BCUT2D eigenvalue weighted by Crippen LogP contribution is -2.34. The van der Waals surface area contributed by atoms with Gasteiger partial charge in [0.1, 0.15) is 5.82 Å². The van der Waals surface area contributed by atoms with E-state index in [2.05, 4.69) is 15.1 Å². The van der Waals surface area contributed by atoms with Crippen LogP contribution >= 0.6 is 11.3 Å². The largest absolute Gasteiger partial charge is 0.347 e. The molecule has 1 N–H and O–H groups in total. The van der Waals surface area contributed by atoms with E-state index in [9.17, 15) is 4.39 Å². The van der Waals surface area contributed by atoms with Gasteiger partial charge in [0.2, 0.25) is 0 Å². The van der Waals surface area contributed by atoms with Crippen molar-refractivity contribution in [2.45, 2.75) is 18.8 Å². The van der Waals surface area contributed by atoms with Crippen molar-refractivity contribution in [1.82, 2.24) is 15.2 Å². The molecule has 1 aliphatic rings. The Kier molecular flexibility index (Phi) is 3.83. The van der Waals surface area contributed by atoms with Crippen molar-refractivity contribution in [3.05, 3.63) is 53.4 Å². The molecule has 1 atom stereocenters. The Morgan fingerprint density at radius 1 is 1.26 bits per heavy atom. The van der Waals surface area contributed by atoms with E-state index < -0.39 is 0 Å². The molecule has 1 saturated heterocycles. The molecule has 0 aliphatic carbocycles. The molecule has 0 radical (unpaired) electrons. The number of anilines is 1. The second-order valence-corrected chi connectivity index (χ2v) is 6.68. The molecule has 3 heterocycles. The second kappa shape index (κ2) is 6.12. The van der Waals surface area contributed by atoms with Gasteiger partial charge in [-0.2, -0.15) is 5.10 Å². The maximum atomic E-state index is 13.0. The van der Waals surface area contributed by atoms with Crippen LogP contribution < -0.4 is 4.90 Å². The molecule has 4 nitrogen and oxygen atoms in total. The smallest absolute Gasteiger partial charge is 0.185 e. The first-order valence-corrected chi connectivity index (χ1v) is 8.62. The third kappa shape index (κ3) is 2.99. The predicted molar refractivity (Wildman–Crippen MR) is 90.3 cm³/mol. The van der Waals surface area contributed by atoms with E-state index in [4.69, 9.17) is 4.98 Å². The highest BCUT2D eigenvalue weighted by Crippen LogP contribution is 2.33. The third-order valence-electron chi connectivity index (χ3n) is 4.31. The summed E-state index contributed by atoms with van der Waals surface area (Å²) in [4.78, 5) is 7.09. The van der Waals surface area contributed by atoms with Crippen LogP contribution in [0, 0.1) is 5.82 Å². The Balaban J connectivity index is 1.53. The number of hydrogen-bond donors (Lipinski definition) is 1. The van der Waals surface area contributed by atoms with Gasteiger partial charge in [-0.15, -0.1) is 11.3 Å². The normalized spacial score (nSPS) is 18.3. The van der Waals surface area contributed by atoms with Gasteiger partial charge in [0.05, 0.1) is 11.9 Å². The number of aromatic amines is 1. The molecular weight excluding hydrogens is 311 g/mol. The number of halogens is 1. The van der Waals surface area contributed by atoms with E-state index in [1.54, 1.807) is 23.5 Å². The zero-order valence-corrected chi connectivity index (χ0v) is 13.4. The maximum absolute atomic E-state index is 13.0. The van der Waals surface area contributed by atoms with Crippen LogP contribution in [-0.2, 0) is 0 Å². The fraction of sp³-hybridized carbons (Fsp3) is 0.294. The summed E-state index contributed by atoms with van der Waals surface area (Å²) in [5, 5.41) is 10.0. The zero-order valence-electron chi connectivity index (χ0n) is 12.6. The molecule has 118 valence electrons. The first-order chi connectivity index (χ1) is 11.3. The van der Waals surface area contributed by atoms with Crippen LogP contribution in [0.3, 0.4) is 0 Å². The summed E-state index contributed by atoms with van der Waals surface area (Å²) in [6.07, 6.45) is 6.24. The number of thiazole rings is 1. The fourth-order valence-corrected chi connectivity index (χ4v) is 3.94. The van der Waals surface area contributed by atoms with Crippen molar-refractivity contribution >= 4 is 16.5 Å². The van der Waals surface area contributed by atoms with E-state index in [1.165, 1.54) is 24.1 Å². The monoisotopic (exact) mass is 328 g/mol. The minimum Gasteiger partial charge on any atom is -0.347 e. The van der Waals surface area contributed by atoms with Gasteiger partial charge in [-0.1, -0.05) is 0 Å². The molecule has 0 amide bonds. The molecule has 1 unspecified atom stereocenters. The van der Waals surface area contributed by atoms with Crippen LogP contribution in [0.5, 0.6) is 0 Å². The average molecular weight is 328 g/mol. The Morgan fingerprint density at radius 3 is 2.91 bits per heavy atom. The lowest BCUT2D eigenvalue weighted by Gasteiger charge is -2.32. The molecule has 23 heavy (non-hydrogen) atoms. The van der Waals surface area contributed by atoms with E-state index in [0.29, 0.717) is 5.92 Å². The molecule has 6 heteroatoms. The van der Waals surface area contributed by atoms with Crippen molar-refractivity contribution in [3.63, 3.8) is 0 Å². The van der Waals surface area contributed by atoms with Gasteiger partial charge in [0.25, 0.3) is 0 Å². The van der Waals surface area contributed by atoms with Crippen LogP contribution in [0.1, 0.15) is 24.3 Å². The van der Waals surface area contributed by atoms with Gasteiger partial charge < -0.3 is 4.90 Å². The number of nitrogens with zero attached hydrogens (tertiary/aromatic N) is 3. The molecule has 1 aliphatic heterocycles. The van der Waals surface area contributed by atoms with E-state index >= 15 is 0 Å². The Labute approximate surface area is 138 Å². The van der Waals surface area contributed by atoms with Crippen molar-refractivity contribution < 1.29 is 4.39 Å². The summed E-state index contributed by atoms with van der Waals surface area (Å²) in [6.45, 7) is 2.00. The number of benzene rings is 1. The van der Waals surface area contributed by atoms with E-state index in [1.807, 2.05) is 17.8 Å². The van der Waals surface area contributed by atoms with E-state index in [-0.39, 0.29) is 5.82 Å². The van der Waals surface area contributed by atoms with Crippen molar-refractivity contribution in [2.75, 3.05) is 18.0 Å². The lowest BCUT2D eigenvalue weighted by atomic mass is 9.93. The van der Waals surface area contributed by atoms with Crippen molar-refractivity contribution in [2.24, 2.45) is 0 Å². The van der Waals surface area contributed by atoms with Gasteiger partial charge in [-0.05, 0) is 42.7 Å². The summed E-state index contributed by atoms with van der Waals surface area (Å²) in [7, 11) is 0. The second-order valence-electron chi connectivity index (χ2n) is 5.84. The summed E-state index contributed by atoms with van der Waals surface area (Å²) >= 11 is 1.65. The van der Waals surface area contributed by atoms with Crippen molar-refractivity contribution in [3.8, 4) is 11.3 Å². The number of nitrogens with one attached hydrogen (secondary N) is 1. The fourth-order valence-electron chi connectivity index (χ4n) is 3.07. The minimum absolute atomic E-state index is 0.219. The molecule has 1 aromatic carbocycles. The molecule has 4 rings (SSSR count). The standard InChI is InChI=1S/C17H17FN4S/c18-15-5-3-12(4-6-15)16-11-23-17(21-16)22-7-1-2-13(10-22)14-8-19-20-9-14/h3-6,8-9,11,13H,1-2,7,10H2,(H,19,20). The number of aromatic nitrogens is 3. The molecule has 0 saturated carbocycles. The van der Waals surface area contributed by atoms with Crippen LogP contribution in [-0.4, -0.2) is 28.3 Å². The first-order valence-electron chi connectivity index (χ1n) is 7.75. The topological polar surface area (TPSA) is 44.8 Å². The first kappa shape index (κ1) is 14.4. The highest BCUT2D eigenvalue weighted by Gasteiger charge is 2.24. The average Bonchev–Trinajstić information content (AvgIpc) is 3.28. The molecule has 2 aromatic heterocycles. The summed E-state index contributed by atoms with van der Waals surface area (Å²) in [6, 6.07) is 6.51. The molecule has 0 spiro atoms. The molecule has 3 aromatic rings. The SMILES string of the molecule is Fc1ccc(-c2csc(N3CCCC(c4cn[nH]c4)C3)n2)cc1. The third-order valence-corrected chi connectivity index (χ3v) is 5.22. The molecular formula is C17H17FN4S. The van der Waals surface area contributed by atoms with E-state index in [0.717, 1.165) is 35.9 Å². The highest BCUT2D eigenvalue weighted by atomic mass is 32.1. The minimum atomic E-state index is -0.219. The van der Waals surface area contributed by atoms with Crippen LogP contribution in [0.15, 0.2) is 42.0 Å². The maximum Gasteiger partial charge on any atom is 0.185 e. The lowest BCUT2D eigenvalue weighted by molar-refractivity contribution is 0.510. The summed E-state index contributed by atoms with van der Waals surface area (Å²) in [5.41, 5.74) is 3.14. The highest BCUT2D eigenvalue weighted by molar-refractivity contribution is 7.14. The number of H-pyrrole nitrogens is 1. The number of rotatable bonds is 3. The van der Waals surface area contributed by atoms with Crippen molar-refractivity contribution in [1.29, 1.82) is 0 Å². The summed E-state index contributed by atoms with van der Waals surface area (Å²) < 4.78 is 13.0. The number of piperidine rings is 1. The van der Waals surface area contributed by atoms with Gasteiger partial charge in [-0.3, -0.25) is 5.10 Å². The quantitative estimate of drug-likeness (QED) is 0.789. The van der Waals surface area contributed by atoms with Gasteiger partial charge in [-0.25, -0.2) is 9.37 Å². The van der Waals surface area contributed by atoms with Gasteiger partial charge >= 0.3 is 0 Å². The Hall–Kier alpha value is -2.21. The predicted octanol–water partition coefficient (Wildman–Crippen LogP) is 4.06. The Morgan fingerprint density at radius 2 is 2.13 bits per heavy atom. The number of hydrogen-bond acceptors (Lipinski definition) is 4. The van der Waals surface area contributed by atoms with Crippen LogP contribution in [0.2, 0.25) is 0 Å². The molecule has 0 bridgehead atoms. The summed E-state index contributed by atoms with van der Waals surface area (Å²) in [5.74, 6) is 0.281. The van der Waals surface area contributed by atoms with Gasteiger partial charge in [0, 0.05) is 36.1 Å². The Bertz CT molecular complexity index is 766.